The Bertz CT molecular complexity index is 504. The number of benzene rings is 1. The van der Waals surface area contributed by atoms with E-state index in [2.05, 4.69) is 12.6 Å². The molecule has 0 radical (unpaired) electrons. The largest absolute Gasteiger partial charge is 0.311 e. The molecule has 2 rings (SSSR count). The Hall–Kier alpha value is -1.00. The number of rotatable bonds is 3. The van der Waals surface area contributed by atoms with Crippen LogP contribution in [0.4, 0.5) is 5.69 Å². The standard InChI is InChI=1S/C13H14ClNO2S/c1-8(16)10-2-3-11(14)12(5-10)15-6-9(7-18)4-13(15)17/h2-3,5,9,18H,4,6-7H2,1H3. The Morgan fingerprint density at radius 3 is 2.83 bits per heavy atom. The molecule has 1 aliphatic heterocycles. The van der Waals surface area contributed by atoms with E-state index in [1.165, 1.54) is 6.92 Å². The van der Waals surface area contributed by atoms with E-state index >= 15 is 0 Å². The zero-order valence-corrected chi connectivity index (χ0v) is 11.7. The van der Waals surface area contributed by atoms with Crippen molar-refractivity contribution in [2.75, 3.05) is 17.2 Å². The molecule has 0 N–H and O–H groups in total. The second kappa shape index (κ2) is 5.33. The number of hydrogen-bond donors (Lipinski definition) is 1. The van der Waals surface area contributed by atoms with Gasteiger partial charge in [0.25, 0.3) is 0 Å². The van der Waals surface area contributed by atoms with Gasteiger partial charge in [-0.25, -0.2) is 0 Å². The van der Waals surface area contributed by atoms with Gasteiger partial charge in [0.1, 0.15) is 0 Å². The number of carbonyl (C=O) groups excluding carboxylic acids is 2. The van der Waals surface area contributed by atoms with Crippen LogP contribution in [0.3, 0.4) is 0 Å². The summed E-state index contributed by atoms with van der Waals surface area (Å²) in [6, 6.07) is 5.02. The van der Waals surface area contributed by atoms with Crippen LogP contribution in [0.1, 0.15) is 23.7 Å². The molecule has 1 heterocycles. The summed E-state index contributed by atoms with van der Waals surface area (Å²) in [5.41, 5.74) is 1.19. The Balaban J connectivity index is 2.35. The van der Waals surface area contributed by atoms with Crippen LogP contribution < -0.4 is 4.90 Å². The molecule has 1 unspecified atom stereocenters. The maximum absolute atomic E-state index is 11.9. The van der Waals surface area contributed by atoms with Gasteiger partial charge < -0.3 is 4.90 Å². The van der Waals surface area contributed by atoms with Gasteiger partial charge in [-0.05, 0) is 36.8 Å². The molecule has 18 heavy (non-hydrogen) atoms. The Labute approximate surface area is 117 Å². The van der Waals surface area contributed by atoms with Crippen LogP contribution in [0.25, 0.3) is 0 Å². The lowest BCUT2D eigenvalue weighted by Crippen LogP contribution is -2.25. The zero-order chi connectivity index (χ0) is 13.3. The highest BCUT2D eigenvalue weighted by Crippen LogP contribution is 2.32. The summed E-state index contributed by atoms with van der Waals surface area (Å²) in [6.07, 6.45) is 0.490. The van der Waals surface area contributed by atoms with Gasteiger partial charge in [-0.3, -0.25) is 9.59 Å². The molecule has 5 heteroatoms. The highest BCUT2D eigenvalue weighted by molar-refractivity contribution is 7.80. The first-order chi connectivity index (χ1) is 8.52. The number of nitrogens with zero attached hydrogens (tertiary/aromatic N) is 1. The molecule has 1 saturated heterocycles. The quantitative estimate of drug-likeness (QED) is 0.684. The highest BCUT2D eigenvalue weighted by atomic mass is 35.5. The van der Waals surface area contributed by atoms with Crippen molar-refractivity contribution in [3.63, 3.8) is 0 Å². The first-order valence-electron chi connectivity index (χ1n) is 5.74. The van der Waals surface area contributed by atoms with Crippen LogP contribution in [0.2, 0.25) is 5.02 Å². The third kappa shape index (κ3) is 2.54. The number of carbonyl (C=O) groups is 2. The van der Waals surface area contributed by atoms with Gasteiger partial charge in [0, 0.05) is 18.5 Å². The van der Waals surface area contributed by atoms with E-state index in [4.69, 9.17) is 11.6 Å². The molecule has 1 amide bonds. The van der Waals surface area contributed by atoms with E-state index in [1.807, 2.05) is 0 Å². The van der Waals surface area contributed by atoms with Crippen molar-refractivity contribution in [2.24, 2.45) is 5.92 Å². The number of ketones is 1. The van der Waals surface area contributed by atoms with Crippen molar-refractivity contribution in [1.29, 1.82) is 0 Å². The maximum Gasteiger partial charge on any atom is 0.227 e. The van der Waals surface area contributed by atoms with Crippen molar-refractivity contribution in [1.82, 2.24) is 0 Å². The molecule has 0 aromatic heterocycles. The van der Waals surface area contributed by atoms with E-state index in [9.17, 15) is 9.59 Å². The molecule has 0 saturated carbocycles. The Morgan fingerprint density at radius 1 is 1.56 bits per heavy atom. The lowest BCUT2D eigenvalue weighted by Gasteiger charge is -2.18. The van der Waals surface area contributed by atoms with E-state index in [0.29, 0.717) is 35.0 Å². The summed E-state index contributed by atoms with van der Waals surface area (Å²) < 4.78 is 0. The number of amides is 1. The summed E-state index contributed by atoms with van der Waals surface area (Å²) in [7, 11) is 0. The van der Waals surface area contributed by atoms with Gasteiger partial charge in [0.15, 0.2) is 5.78 Å². The monoisotopic (exact) mass is 283 g/mol. The van der Waals surface area contributed by atoms with Gasteiger partial charge in [0.2, 0.25) is 5.91 Å². The molecule has 1 aliphatic rings. The molecule has 0 aliphatic carbocycles. The smallest absolute Gasteiger partial charge is 0.227 e. The highest BCUT2D eigenvalue weighted by Gasteiger charge is 2.31. The fourth-order valence-corrected chi connectivity index (χ4v) is 2.54. The molecule has 3 nitrogen and oxygen atoms in total. The van der Waals surface area contributed by atoms with E-state index in [1.54, 1.807) is 23.1 Å². The lowest BCUT2D eigenvalue weighted by molar-refractivity contribution is -0.117. The predicted octanol–water partition coefficient (Wildman–Crippen LogP) is 2.83. The number of thiol groups is 1. The van der Waals surface area contributed by atoms with Crippen molar-refractivity contribution >= 4 is 41.6 Å². The lowest BCUT2D eigenvalue weighted by atomic mass is 10.1. The minimum atomic E-state index is -0.0368. The first kappa shape index (κ1) is 13.4. The first-order valence-corrected chi connectivity index (χ1v) is 6.75. The normalized spacial score (nSPS) is 19.4. The second-order valence-electron chi connectivity index (χ2n) is 4.48. The summed E-state index contributed by atoms with van der Waals surface area (Å²) in [6.45, 7) is 2.11. The molecule has 1 aromatic carbocycles. The van der Waals surface area contributed by atoms with Gasteiger partial charge in [-0.2, -0.15) is 12.6 Å². The number of halogens is 1. The molecule has 1 fully saturated rings. The summed E-state index contributed by atoms with van der Waals surface area (Å²) in [5.74, 6) is 0.923. The molecule has 0 bridgehead atoms. The van der Waals surface area contributed by atoms with Crippen LogP contribution in [-0.4, -0.2) is 24.0 Å². The molecular weight excluding hydrogens is 270 g/mol. The molecule has 0 spiro atoms. The number of hydrogen-bond acceptors (Lipinski definition) is 3. The van der Waals surface area contributed by atoms with Gasteiger partial charge in [-0.15, -0.1) is 0 Å². The van der Waals surface area contributed by atoms with E-state index < -0.39 is 0 Å². The minimum absolute atomic E-state index is 0.0368. The SMILES string of the molecule is CC(=O)c1ccc(Cl)c(N2CC(CS)CC2=O)c1. The zero-order valence-electron chi connectivity index (χ0n) is 10.0. The van der Waals surface area contributed by atoms with E-state index in [-0.39, 0.29) is 17.6 Å². The summed E-state index contributed by atoms with van der Waals surface area (Å²) in [5, 5.41) is 0.494. The fraction of sp³-hybridized carbons (Fsp3) is 0.385. The number of Topliss-reactive ketones (excluding diaryl/α,β-unsaturated/α-hetero) is 1. The number of anilines is 1. The minimum Gasteiger partial charge on any atom is -0.311 e. The molecule has 1 atom stereocenters. The van der Waals surface area contributed by atoms with Crippen LogP contribution in [-0.2, 0) is 4.79 Å². The molecule has 1 aromatic rings. The van der Waals surface area contributed by atoms with Crippen molar-refractivity contribution < 1.29 is 9.59 Å². The topological polar surface area (TPSA) is 37.4 Å². The van der Waals surface area contributed by atoms with Crippen molar-refractivity contribution in [3.05, 3.63) is 28.8 Å². The van der Waals surface area contributed by atoms with Crippen LogP contribution in [0.15, 0.2) is 18.2 Å². The van der Waals surface area contributed by atoms with Crippen molar-refractivity contribution in [3.8, 4) is 0 Å². The van der Waals surface area contributed by atoms with Gasteiger partial charge in [0.05, 0.1) is 10.7 Å². The van der Waals surface area contributed by atoms with Crippen LogP contribution >= 0.6 is 24.2 Å². The Kier molecular flexibility index (Phi) is 3.97. The van der Waals surface area contributed by atoms with Gasteiger partial charge >= 0.3 is 0 Å². The second-order valence-corrected chi connectivity index (χ2v) is 5.25. The average Bonchev–Trinajstić information content (AvgIpc) is 2.71. The molecular formula is C13H14ClNO2S. The third-order valence-corrected chi connectivity index (χ3v) is 3.94. The van der Waals surface area contributed by atoms with Crippen LogP contribution in [0, 0.1) is 5.92 Å². The summed E-state index contributed by atoms with van der Waals surface area (Å²) >= 11 is 10.3. The predicted molar refractivity (Wildman–Crippen MR) is 75.8 cm³/mol. The maximum atomic E-state index is 11.9. The fourth-order valence-electron chi connectivity index (χ4n) is 2.08. The summed E-state index contributed by atoms with van der Waals surface area (Å²) in [4.78, 5) is 24.9. The third-order valence-electron chi connectivity index (χ3n) is 3.11. The van der Waals surface area contributed by atoms with Crippen molar-refractivity contribution in [2.45, 2.75) is 13.3 Å². The van der Waals surface area contributed by atoms with Gasteiger partial charge in [-0.1, -0.05) is 11.6 Å². The van der Waals surface area contributed by atoms with Crippen LogP contribution in [0.5, 0.6) is 0 Å². The Morgan fingerprint density at radius 2 is 2.28 bits per heavy atom. The average molecular weight is 284 g/mol. The molecule has 96 valence electrons. The van der Waals surface area contributed by atoms with E-state index in [0.717, 1.165) is 0 Å².